The van der Waals surface area contributed by atoms with E-state index in [4.69, 9.17) is 0 Å². The summed E-state index contributed by atoms with van der Waals surface area (Å²) in [6.45, 7) is 0. The Morgan fingerprint density at radius 2 is 0.796 bits per heavy atom. The van der Waals surface area contributed by atoms with E-state index in [1.807, 2.05) is 0 Å². The molecule has 0 radical (unpaired) electrons. The molecule has 248 valence electrons. The lowest BCUT2D eigenvalue weighted by molar-refractivity contribution is -0.00518. The Morgan fingerprint density at radius 1 is 0.388 bits per heavy atom. The monoisotopic (exact) mass is 641 g/mol. The van der Waals surface area contributed by atoms with Crippen molar-refractivity contribution in [2.24, 2.45) is 17.8 Å². The smallest absolute Gasteiger partial charge is 0.0462 e. The zero-order chi connectivity index (χ0) is 32.7. The first-order valence-corrected chi connectivity index (χ1v) is 19.4. The standard InChI is InChI=1S/C48H51N/c1-2-10-28-48(29-11-3-1,42-14-8-5-9-15-42)43-20-26-46(27-21-43)49(44-22-16-40(17-23-44)39-12-6-4-7-13-39)45-24-18-41(19-25-45)47-33-36-30-37(34-47)32-38(31-36)35-47/h4-9,12-27,36-38H,1-3,10-11,28-35H2. The van der Waals surface area contributed by atoms with Gasteiger partial charge in [0.15, 0.2) is 0 Å². The van der Waals surface area contributed by atoms with E-state index in [2.05, 4.69) is 138 Å². The molecule has 10 rings (SSSR count). The lowest BCUT2D eigenvalue weighted by Gasteiger charge is -2.57. The summed E-state index contributed by atoms with van der Waals surface area (Å²) < 4.78 is 0. The van der Waals surface area contributed by atoms with E-state index in [-0.39, 0.29) is 5.41 Å². The highest BCUT2D eigenvalue weighted by atomic mass is 15.1. The van der Waals surface area contributed by atoms with E-state index in [1.54, 1.807) is 5.56 Å². The van der Waals surface area contributed by atoms with Crippen molar-refractivity contribution in [3.05, 3.63) is 150 Å². The predicted molar refractivity (Wildman–Crippen MR) is 206 cm³/mol. The molecule has 49 heavy (non-hydrogen) atoms. The Bertz CT molecular complexity index is 1790. The number of nitrogens with zero attached hydrogens (tertiary/aromatic N) is 1. The molecule has 0 aliphatic heterocycles. The van der Waals surface area contributed by atoms with Gasteiger partial charge in [-0.2, -0.15) is 0 Å². The first kappa shape index (κ1) is 30.9. The molecule has 0 amide bonds. The molecule has 0 spiro atoms. The van der Waals surface area contributed by atoms with Crippen LogP contribution in [0.15, 0.2) is 133 Å². The molecular weight excluding hydrogens is 591 g/mol. The third kappa shape index (κ3) is 5.84. The fourth-order valence-electron chi connectivity index (χ4n) is 11.2. The Hall–Kier alpha value is -4.10. The Balaban J connectivity index is 1.09. The second kappa shape index (κ2) is 13.0. The van der Waals surface area contributed by atoms with Crippen molar-refractivity contribution < 1.29 is 0 Å². The lowest BCUT2D eigenvalue weighted by atomic mass is 9.48. The highest BCUT2D eigenvalue weighted by molar-refractivity contribution is 5.78. The van der Waals surface area contributed by atoms with Crippen LogP contribution in [-0.4, -0.2) is 0 Å². The van der Waals surface area contributed by atoms with Crippen molar-refractivity contribution in [1.29, 1.82) is 0 Å². The summed E-state index contributed by atoms with van der Waals surface area (Å²) in [5, 5.41) is 0. The molecule has 0 heterocycles. The maximum atomic E-state index is 2.50. The second-order valence-electron chi connectivity index (χ2n) is 16.3. The van der Waals surface area contributed by atoms with Gasteiger partial charge in [-0.25, -0.2) is 0 Å². The third-order valence-corrected chi connectivity index (χ3v) is 13.2. The summed E-state index contributed by atoms with van der Waals surface area (Å²) >= 11 is 0. The molecule has 0 unspecified atom stereocenters. The minimum Gasteiger partial charge on any atom is -0.311 e. The molecule has 1 nitrogen and oxygen atoms in total. The van der Waals surface area contributed by atoms with Crippen LogP contribution >= 0.6 is 0 Å². The fourth-order valence-corrected chi connectivity index (χ4v) is 11.2. The van der Waals surface area contributed by atoms with Gasteiger partial charge in [0.2, 0.25) is 0 Å². The van der Waals surface area contributed by atoms with Crippen LogP contribution < -0.4 is 4.90 Å². The van der Waals surface area contributed by atoms with Crippen LogP contribution in [0.5, 0.6) is 0 Å². The highest BCUT2D eigenvalue weighted by Crippen LogP contribution is 2.61. The molecule has 0 atom stereocenters. The molecule has 5 aliphatic carbocycles. The number of rotatable bonds is 7. The molecule has 0 saturated heterocycles. The van der Waals surface area contributed by atoms with Gasteiger partial charge in [0.1, 0.15) is 0 Å². The van der Waals surface area contributed by atoms with Gasteiger partial charge in [-0.1, -0.05) is 129 Å². The number of hydrogen-bond acceptors (Lipinski definition) is 1. The van der Waals surface area contributed by atoms with Crippen LogP contribution in [-0.2, 0) is 10.8 Å². The Morgan fingerprint density at radius 3 is 1.33 bits per heavy atom. The van der Waals surface area contributed by atoms with Crippen molar-refractivity contribution in [3.8, 4) is 11.1 Å². The van der Waals surface area contributed by atoms with E-state index < -0.39 is 0 Å². The van der Waals surface area contributed by atoms with Crippen LogP contribution in [0.4, 0.5) is 17.1 Å². The number of hydrogen-bond donors (Lipinski definition) is 0. The van der Waals surface area contributed by atoms with Gasteiger partial charge >= 0.3 is 0 Å². The minimum atomic E-state index is 0.0852. The zero-order valence-electron chi connectivity index (χ0n) is 29.1. The van der Waals surface area contributed by atoms with Gasteiger partial charge < -0.3 is 4.90 Å². The van der Waals surface area contributed by atoms with Crippen LogP contribution in [0.25, 0.3) is 11.1 Å². The van der Waals surface area contributed by atoms with Gasteiger partial charge in [0.05, 0.1) is 0 Å². The van der Waals surface area contributed by atoms with Gasteiger partial charge in [-0.15, -0.1) is 0 Å². The number of anilines is 3. The van der Waals surface area contributed by atoms with E-state index in [1.165, 1.54) is 123 Å². The second-order valence-corrected chi connectivity index (χ2v) is 16.3. The van der Waals surface area contributed by atoms with E-state index >= 15 is 0 Å². The van der Waals surface area contributed by atoms with E-state index in [0.717, 1.165) is 17.8 Å². The lowest BCUT2D eigenvalue weighted by Crippen LogP contribution is -2.48. The van der Waals surface area contributed by atoms with Crippen LogP contribution in [0.3, 0.4) is 0 Å². The first-order valence-electron chi connectivity index (χ1n) is 19.4. The summed E-state index contributed by atoms with van der Waals surface area (Å²) in [5.41, 5.74) is 11.3. The van der Waals surface area contributed by atoms with Crippen molar-refractivity contribution in [1.82, 2.24) is 0 Å². The van der Waals surface area contributed by atoms with Crippen LogP contribution in [0, 0.1) is 17.8 Å². The van der Waals surface area contributed by atoms with Gasteiger partial charge in [-0.3, -0.25) is 0 Å². The zero-order valence-corrected chi connectivity index (χ0v) is 29.1. The number of benzene rings is 5. The van der Waals surface area contributed by atoms with Crippen molar-refractivity contribution >= 4 is 17.1 Å². The Labute approximate surface area is 294 Å². The predicted octanol–water partition coefficient (Wildman–Crippen LogP) is 13.3. The summed E-state index contributed by atoms with van der Waals surface area (Å²) in [6, 6.07) is 50.9. The molecule has 5 aromatic rings. The van der Waals surface area contributed by atoms with E-state index in [9.17, 15) is 0 Å². The molecule has 0 N–H and O–H groups in total. The average Bonchev–Trinajstić information content (AvgIpc) is 3.13. The SMILES string of the molecule is c1ccc(-c2ccc(N(c3ccc(C45CC6CC(CC(C6)C4)C5)cc3)c3ccc(C4(c5ccccc5)CCCCCCC4)cc3)cc2)cc1. The molecule has 4 bridgehead atoms. The fraction of sp³-hybridized carbons (Fsp3) is 0.375. The summed E-state index contributed by atoms with van der Waals surface area (Å²) in [4.78, 5) is 2.48. The maximum Gasteiger partial charge on any atom is 0.0462 e. The van der Waals surface area contributed by atoms with Crippen molar-refractivity contribution in [2.75, 3.05) is 4.90 Å². The van der Waals surface area contributed by atoms with Crippen molar-refractivity contribution in [3.63, 3.8) is 0 Å². The minimum absolute atomic E-state index is 0.0852. The summed E-state index contributed by atoms with van der Waals surface area (Å²) in [5.74, 6) is 2.88. The summed E-state index contributed by atoms with van der Waals surface area (Å²) in [6.07, 6.45) is 17.8. The quantitative estimate of drug-likeness (QED) is 0.171. The molecule has 5 aromatic carbocycles. The molecule has 5 fully saturated rings. The summed E-state index contributed by atoms with van der Waals surface area (Å²) in [7, 11) is 0. The third-order valence-electron chi connectivity index (χ3n) is 13.2. The molecule has 5 aliphatic rings. The largest absolute Gasteiger partial charge is 0.311 e. The normalized spacial score (nSPS) is 25.8. The van der Waals surface area contributed by atoms with Gasteiger partial charge in [0, 0.05) is 22.5 Å². The van der Waals surface area contributed by atoms with Gasteiger partial charge in [-0.05, 0) is 139 Å². The van der Waals surface area contributed by atoms with E-state index in [0.29, 0.717) is 5.41 Å². The van der Waals surface area contributed by atoms with Crippen LogP contribution in [0.2, 0.25) is 0 Å². The highest BCUT2D eigenvalue weighted by Gasteiger charge is 2.51. The Kier molecular flexibility index (Phi) is 8.19. The molecule has 5 saturated carbocycles. The maximum absolute atomic E-state index is 2.50. The topological polar surface area (TPSA) is 3.24 Å². The molecule has 0 aromatic heterocycles. The van der Waals surface area contributed by atoms with Gasteiger partial charge in [0.25, 0.3) is 0 Å². The molecule has 1 heteroatoms. The molecular formula is C48H51N. The van der Waals surface area contributed by atoms with Crippen molar-refractivity contribution in [2.45, 2.75) is 94.3 Å². The van der Waals surface area contributed by atoms with Crippen LogP contribution in [0.1, 0.15) is 100 Å². The average molecular weight is 642 g/mol. The first-order chi connectivity index (χ1) is 24.2.